The van der Waals surface area contributed by atoms with Crippen LogP contribution in [0.2, 0.25) is 0 Å². The minimum atomic E-state index is 1.10. The fourth-order valence-electron chi connectivity index (χ4n) is 1.88. The Morgan fingerprint density at radius 1 is 1.09 bits per heavy atom. The zero-order valence-corrected chi connectivity index (χ0v) is 7.68. The molecule has 0 atom stereocenters. The van der Waals surface area contributed by atoms with Gasteiger partial charge in [0.1, 0.15) is 0 Å². The van der Waals surface area contributed by atoms with Gasteiger partial charge in [0.2, 0.25) is 0 Å². The molecule has 1 fully saturated rings. The summed E-state index contributed by atoms with van der Waals surface area (Å²) in [5.74, 6) is 1.10. The monoisotopic (exact) mass is 152 g/mol. The van der Waals surface area contributed by atoms with Crippen LogP contribution in [0.15, 0.2) is 0 Å². The lowest BCUT2D eigenvalue weighted by Crippen LogP contribution is -2.04. The second kappa shape index (κ2) is 7.66. The van der Waals surface area contributed by atoms with E-state index < -0.39 is 0 Å². The zero-order valence-electron chi connectivity index (χ0n) is 7.68. The molecule has 0 N–H and O–H groups in total. The maximum Gasteiger partial charge on any atom is -0.0414 e. The van der Waals surface area contributed by atoms with Crippen LogP contribution in [0.5, 0.6) is 0 Å². The molecule has 0 unspecified atom stereocenters. The minimum Gasteiger partial charge on any atom is -0.124 e. The predicted molar refractivity (Wildman–Crippen MR) is 51.4 cm³/mol. The van der Waals surface area contributed by atoms with Crippen LogP contribution in [0.3, 0.4) is 0 Å². The topological polar surface area (TPSA) is 0 Å². The van der Waals surface area contributed by atoms with Crippen molar-refractivity contribution in [3.05, 3.63) is 0 Å². The van der Waals surface area contributed by atoms with E-state index >= 15 is 0 Å². The van der Waals surface area contributed by atoms with Crippen LogP contribution in [0.25, 0.3) is 0 Å². The molecule has 0 amide bonds. The lowest BCUT2D eigenvalue weighted by Gasteiger charge is -2.20. The maximum atomic E-state index is 4.00. The third-order valence-corrected chi connectivity index (χ3v) is 2.42. The van der Waals surface area contributed by atoms with E-state index in [1.165, 1.54) is 44.9 Å². The second-order valence-electron chi connectivity index (χ2n) is 3.29. The van der Waals surface area contributed by atoms with Gasteiger partial charge in [0.05, 0.1) is 0 Å². The van der Waals surface area contributed by atoms with Crippen molar-refractivity contribution >= 4 is 0 Å². The van der Waals surface area contributed by atoms with Crippen molar-refractivity contribution in [1.29, 1.82) is 0 Å². The molecule has 1 aliphatic carbocycles. The van der Waals surface area contributed by atoms with Crippen LogP contribution in [0.4, 0.5) is 0 Å². The van der Waals surface area contributed by atoms with Crippen LogP contribution in [0, 0.1) is 18.8 Å². The van der Waals surface area contributed by atoms with Gasteiger partial charge in [-0.1, -0.05) is 51.9 Å². The van der Waals surface area contributed by atoms with E-state index in [1.54, 1.807) is 0 Å². The summed E-state index contributed by atoms with van der Waals surface area (Å²) in [4.78, 5) is 0. The third-order valence-electron chi connectivity index (χ3n) is 2.42. The molecule has 0 bridgehead atoms. The van der Waals surface area contributed by atoms with E-state index in [0.717, 1.165) is 5.92 Å². The van der Waals surface area contributed by atoms with Crippen molar-refractivity contribution in [3.8, 4) is 12.8 Å². The molecule has 0 heterocycles. The molecule has 1 rings (SSSR count). The summed E-state index contributed by atoms with van der Waals surface area (Å²) in [5.41, 5.74) is 0. The van der Waals surface area contributed by atoms with E-state index in [-0.39, 0.29) is 0 Å². The van der Waals surface area contributed by atoms with Gasteiger partial charge in [-0.05, 0) is 5.92 Å². The van der Waals surface area contributed by atoms with E-state index in [2.05, 4.69) is 19.8 Å². The van der Waals surface area contributed by atoms with Gasteiger partial charge in [0, 0.05) is 0 Å². The molecule has 0 aliphatic heterocycles. The molecular formula is C11H20. The van der Waals surface area contributed by atoms with Gasteiger partial charge in [-0.25, -0.2) is 0 Å². The number of terminal acetylenes is 1. The molecule has 0 radical (unpaired) electrons. The molecule has 0 aromatic heterocycles. The van der Waals surface area contributed by atoms with Gasteiger partial charge in [-0.15, -0.1) is 12.8 Å². The van der Waals surface area contributed by atoms with Gasteiger partial charge in [0.25, 0.3) is 0 Å². The summed E-state index contributed by atoms with van der Waals surface area (Å²) >= 11 is 0. The first-order chi connectivity index (χ1) is 5.43. The lowest BCUT2D eigenvalue weighted by atomic mass is 9.86. The molecule has 0 spiro atoms. The van der Waals surface area contributed by atoms with E-state index in [1.807, 2.05) is 0 Å². The first kappa shape index (κ1) is 10.6. The largest absolute Gasteiger partial charge is 0.124 e. The summed E-state index contributed by atoms with van der Waals surface area (Å²) in [6.07, 6.45) is 18.4. The summed E-state index contributed by atoms with van der Waals surface area (Å²) in [6.45, 7) is 2.30. The molecule has 0 heteroatoms. The Labute approximate surface area is 71.4 Å². The predicted octanol–water partition coefficient (Wildman–Crippen LogP) is 3.62. The zero-order chi connectivity index (χ0) is 8.53. The SMILES string of the molecule is C#C.CCCC1CCCCC1. The summed E-state index contributed by atoms with van der Waals surface area (Å²) < 4.78 is 0. The van der Waals surface area contributed by atoms with Crippen LogP contribution >= 0.6 is 0 Å². The molecule has 0 aromatic carbocycles. The van der Waals surface area contributed by atoms with Crippen LogP contribution in [0.1, 0.15) is 51.9 Å². The minimum absolute atomic E-state index is 1.10. The van der Waals surface area contributed by atoms with Crippen molar-refractivity contribution in [2.45, 2.75) is 51.9 Å². The average Bonchev–Trinajstić information content (AvgIpc) is 2.11. The highest BCUT2D eigenvalue weighted by Crippen LogP contribution is 2.26. The number of rotatable bonds is 2. The molecule has 1 saturated carbocycles. The van der Waals surface area contributed by atoms with Crippen LogP contribution in [-0.4, -0.2) is 0 Å². The lowest BCUT2D eigenvalue weighted by molar-refractivity contribution is 0.336. The molecule has 11 heavy (non-hydrogen) atoms. The Bertz CT molecular complexity index is 82.7. The van der Waals surface area contributed by atoms with E-state index in [4.69, 9.17) is 0 Å². The fraction of sp³-hybridized carbons (Fsp3) is 0.818. The van der Waals surface area contributed by atoms with Gasteiger partial charge < -0.3 is 0 Å². The van der Waals surface area contributed by atoms with Crippen molar-refractivity contribution in [2.75, 3.05) is 0 Å². The normalized spacial score (nSPS) is 18.5. The molecule has 0 saturated heterocycles. The van der Waals surface area contributed by atoms with Gasteiger partial charge in [0.15, 0.2) is 0 Å². The Hall–Kier alpha value is -0.440. The maximum absolute atomic E-state index is 4.00. The third kappa shape index (κ3) is 4.90. The number of hydrogen-bond acceptors (Lipinski definition) is 0. The van der Waals surface area contributed by atoms with E-state index in [0.29, 0.717) is 0 Å². The molecular weight excluding hydrogens is 132 g/mol. The van der Waals surface area contributed by atoms with Crippen molar-refractivity contribution in [1.82, 2.24) is 0 Å². The quantitative estimate of drug-likeness (QED) is 0.530. The van der Waals surface area contributed by atoms with Crippen LogP contribution in [-0.2, 0) is 0 Å². The first-order valence-corrected chi connectivity index (χ1v) is 4.77. The highest BCUT2D eigenvalue weighted by atomic mass is 14.2. The van der Waals surface area contributed by atoms with Gasteiger partial charge in [-0.3, -0.25) is 0 Å². The second-order valence-corrected chi connectivity index (χ2v) is 3.29. The van der Waals surface area contributed by atoms with Gasteiger partial charge in [-0.2, -0.15) is 0 Å². The van der Waals surface area contributed by atoms with Crippen molar-refractivity contribution < 1.29 is 0 Å². The Morgan fingerprint density at radius 2 is 1.64 bits per heavy atom. The summed E-state index contributed by atoms with van der Waals surface area (Å²) in [5, 5.41) is 0. The molecule has 0 aromatic rings. The first-order valence-electron chi connectivity index (χ1n) is 4.77. The Morgan fingerprint density at radius 3 is 2.09 bits per heavy atom. The highest BCUT2D eigenvalue weighted by Gasteiger charge is 2.10. The fourth-order valence-corrected chi connectivity index (χ4v) is 1.88. The Balaban J connectivity index is 0.000000461. The Kier molecular flexibility index (Phi) is 7.36. The average molecular weight is 152 g/mol. The number of hydrogen-bond donors (Lipinski definition) is 0. The van der Waals surface area contributed by atoms with E-state index in [9.17, 15) is 0 Å². The van der Waals surface area contributed by atoms with Crippen LogP contribution < -0.4 is 0 Å². The summed E-state index contributed by atoms with van der Waals surface area (Å²) in [7, 11) is 0. The van der Waals surface area contributed by atoms with Crippen molar-refractivity contribution in [3.63, 3.8) is 0 Å². The molecule has 1 aliphatic rings. The van der Waals surface area contributed by atoms with Crippen molar-refractivity contribution in [2.24, 2.45) is 5.92 Å². The smallest absolute Gasteiger partial charge is 0.0414 e. The van der Waals surface area contributed by atoms with Gasteiger partial charge >= 0.3 is 0 Å². The molecule has 64 valence electrons. The summed E-state index contributed by atoms with van der Waals surface area (Å²) in [6, 6.07) is 0. The highest BCUT2D eigenvalue weighted by molar-refractivity contribution is 4.64. The molecule has 0 nitrogen and oxygen atoms in total. The standard InChI is InChI=1S/C9H18.C2H2/c1-2-6-9-7-4-3-5-8-9;1-2/h9H,2-8H2,1H3;1-2H.